The lowest BCUT2D eigenvalue weighted by Crippen LogP contribution is -2.31. The highest BCUT2D eigenvalue weighted by Gasteiger charge is 2.12. The van der Waals surface area contributed by atoms with Gasteiger partial charge in [0.05, 0.1) is 17.9 Å². The third kappa shape index (κ3) is 3.65. The van der Waals surface area contributed by atoms with Gasteiger partial charge in [0.15, 0.2) is 0 Å². The molecule has 0 aromatic carbocycles. The summed E-state index contributed by atoms with van der Waals surface area (Å²) < 4.78 is 1.82. The topological polar surface area (TPSA) is 85.0 Å². The van der Waals surface area contributed by atoms with Crippen molar-refractivity contribution >= 4 is 17.4 Å². The van der Waals surface area contributed by atoms with Crippen molar-refractivity contribution in [2.24, 2.45) is 0 Å². The number of nitrogens with zero attached hydrogens (tertiary/aromatic N) is 2. The maximum atomic E-state index is 11.5. The second-order valence-electron chi connectivity index (χ2n) is 4.27. The van der Waals surface area contributed by atoms with Gasteiger partial charge in [-0.15, -0.1) is 0 Å². The molecule has 102 valence electrons. The number of hydrogen-bond donors (Lipinski definition) is 3. The van der Waals surface area contributed by atoms with Gasteiger partial charge in [0.2, 0.25) is 5.91 Å². The van der Waals surface area contributed by atoms with Crippen LogP contribution in [0.25, 0.3) is 0 Å². The predicted octanol–water partition coefficient (Wildman–Crippen LogP) is 1.12. The number of aryl methyl sites for hydroxylation is 2. The van der Waals surface area contributed by atoms with Crippen LogP contribution in [-0.2, 0) is 11.3 Å². The molecule has 0 bridgehead atoms. The lowest BCUT2D eigenvalue weighted by Gasteiger charge is -2.10. The highest BCUT2D eigenvalue weighted by atomic mass is 16.1. The van der Waals surface area contributed by atoms with Gasteiger partial charge >= 0.3 is 0 Å². The maximum Gasteiger partial charge on any atom is 0.239 e. The fourth-order valence-electron chi connectivity index (χ4n) is 1.65. The molecule has 1 heterocycles. The molecule has 1 amide bonds. The Morgan fingerprint density at radius 3 is 2.72 bits per heavy atom. The minimum Gasteiger partial charge on any atom is -0.394 e. The van der Waals surface area contributed by atoms with Crippen molar-refractivity contribution in [3.8, 4) is 0 Å². The smallest absolute Gasteiger partial charge is 0.239 e. The van der Waals surface area contributed by atoms with Crippen molar-refractivity contribution in [2.75, 3.05) is 24.1 Å². The molecule has 1 aromatic heterocycles. The third-order valence-corrected chi connectivity index (χ3v) is 2.60. The molecule has 0 fully saturated rings. The third-order valence-electron chi connectivity index (χ3n) is 2.60. The Hall–Kier alpha value is -1.72. The standard InChI is InChI=1S/C12H23N5O/c1-4-6-14-10(18)8-15-12-11(13)9(3)16-17(12)7-5-2/h15H,4-8,13H2,1-3H3,(H,14,18). The minimum atomic E-state index is -0.0295. The summed E-state index contributed by atoms with van der Waals surface area (Å²) in [6, 6.07) is 0. The molecule has 0 radical (unpaired) electrons. The van der Waals surface area contributed by atoms with Gasteiger partial charge in [-0.3, -0.25) is 4.79 Å². The van der Waals surface area contributed by atoms with Gasteiger partial charge in [0.25, 0.3) is 0 Å². The van der Waals surface area contributed by atoms with Crippen LogP contribution in [0.15, 0.2) is 0 Å². The quantitative estimate of drug-likeness (QED) is 0.680. The van der Waals surface area contributed by atoms with E-state index in [-0.39, 0.29) is 12.5 Å². The number of nitrogen functional groups attached to an aromatic ring is 1. The van der Waals surface area contributed by atoms with Crippen molar-refractivity contribution in [3.63, 3.8) is 0 Å². The Kier molecular flexibility index (Phi) is 5.48. The molecule has 4 N–H and O–H groups in total. The first-order valence-corrected chi connectivity index (χ1v) is 6.43. The van der Waals surface area contributed by atoms with Crippen LogP contribution >= 0.6 is 0 Å². The van der Waals surface area contributed by atoms with E-state index < -0.39 is 0 Å². The molecule has 18 heavy (non-hydrogen) atoms. The molecule has 0 saturated heterocycles. The number of anilines is 2. The largest absolute Gasteiger partial charge is 0.394 e. The van der Waals surface area contributed by atoms with Crippen molar-refractivity contribution in [1.29, 1.82) is 0 Å². The van der Waals surface area contributed by atoms with E-state index in [1.54, 1.807) is 0 Å². The molecule has 6 nitrogen and oxygen atoms in total. The average molecular weight is 253 g/mol. The number of hydrogen-bond acceptors (Lipinski definition) is 4. The molecule has 0 spiro atoms. The van der Waals surface area contributed by atoms with E-state index in [0.717, 1.165) is 30.9 Å². The van der Waals surface area contributed by atoms with E-state index in [1.807, 2.05) is 18.5 Å². The van der Waals surface area contributed by atoms with E-state index in [0.29, 0.717) is 12.2 Å². The van der Waals surface area contributed by atoms with Crippen molar-refractivity contribution in [2.45, 2.75) is 40.2 Å². The van der Waals surface area contributed by atoms with Crippen LogP contribution in [0.4, 0.5) is 11.5 Å². The maximum absolute atomic E-state index is 11.5. The van der Waals surface area contributed by atoms with Gasteiger partial charge in [0.1, 0.15) is 5.82 Å². The molecule has 0 atom stereocenters. The lowest BCUT2D eigenvalue weighted by atomic mass is 10.4. The SMILES string of the molecule is CCCNC(=O)CNc1c(N)c(C)nn1CCC. The summed E-state index contributed by atoms with van der Waals surface area (Å²) in [4.78, 5) is 11.5. The molecule has 1 rings (SSSR count). The number of nitrogens with one attached hydrogen (secondary N) is 2. The average Bonchev–Trinajstić information content (AvgIpc) is 2.61. The van der Waals surface area contributed by atoms with E-state index in [9.17, 15) is 4.79 Å². The summed E-state index contributed by atoms with van der Waals surface area (Å²) >= 11 is 0. The van der Waals surface area contributed by atoms with Crippen LogP contribution in [0.1, 0.15) is 32.4 Å². The number of rotatable bonds is 7. The first kappa shape index (κ1) is 14.3. The molecule has 6 heteroatoms. The Morgan fingerprint density at radius 1 is 1.39 bits per heavy atom. The monoisotopic (exact) mass is 253 g/mol. The molecular weight excluding hydrogens is 230 g/mol. The van der Waals surface area contributed by atoms with Crippen LogP contribution in [0.5, 0.6) is 0 Å². The van der Waals surface area contributed by atoms with E-state index >= 15 is 0 Å². The molecule has 0 unspecified atom stereocenters. The van der Waals surface area contributed by atoms with E-state index in [1.165, 1.54) is 0 Å². The second kappa shape index (κ2) is 6.88. The van der Waals surface area contributed by atoms with Crippen LogP contribution in [0.2, 0.25) is 0 Å². The number of carbonyl (C=O) groups is 1. The Labute approximate surface area is 108 Å². The van der Waals surface area contributed by atoms with Gasteiger partial charge in [-0.2, -0.15) is 5.10 Å². The first-order valence-electron chi connectivity index (χ1n) is 6.43. The molecule has 0 aliphatic rings. The zero-order valence-electron chi connectivity index (χ0n) is 11.4. The Morgan fingerprint density at radius 2 is 2.11 bits per heavy atom. The van der Waals surface area contributed by atoms with E-state index in [2.05, 4.69) is 22.7 Å². The molecule has 0 saturated carbocycles. The molecule has 0 aliphatic heterocycles. The summed E-state index contributed by atoms with van der Waals surface area (Å²) in [5.41, 5.74) is 7.35. The van der Waals surface area contributed by atoms with Crippen LogP contribution in [0, 0.1) is 6.92 Å². The number of amides is 1. The van der Waals surface area contributed by atoms with Crippen LogP contribution in [0.3, 0.4) is 0 Å². The summed E-state index contributed by atoms with van der Waals surface area (Å²) in [5, 5.41) is 10.2. The van der Waals surface area contributed by atoms with Crippen molar-refractivity contribution < 1.29 is 4.79 Å². The number of nitrogens with two attached hydrogens (primary N) is 1. The normalized spacial score (nSPS) is 10.4. The lowest BCUT2D eigenvalue weighted by molar-refractivity contribution is -0.119. The summed E-state index contributed by atoms with van der Waals surface area (Å²) in [6.07, 6.45) is 1.90. The van der Waals surface area contributed by atoms with Crippen molar-refractivity contribution in [1.82, 2.24) is 15.1 Å². The van der Waals surface area contributed by atoms with Gasteiger partial charge in [-0.1, -0.05) is 13.8 Å². The fraction of sp³-hybridized carbons (Fsp3) is 0.667. The van der Waals surface area contributed by atoms with Crippen molar-refractivity contribution in [3.05, 3.63) is 5.69 Å². The highest BCUT2D eigenvalue weighted by molar-refractivity contribution is 5.81. The minimum absolute atomic E-state index is 0.0295. The predicted molar refractivity (Wildman–Crippen MR) is 73.5 cm³/mol. The molecule has 1 aromatic rings. The Bertz CT molecular complexity index is 399. The van der Waals surface area contributed by atoms with Gasteiger partial charge in [-0.25, -0.2) is 4.68 Å². The first-order chi connectivity index (χ1) is 8.60. The number of aromatic nitrogens is 2. The summed E-state index contributed by atoms with van der Waals surface area (Å²) in [6.45, 7) is 7.67. The van der Waals surface area contributed by atoms with Crippen LogP contribution < -0.4 is 16.4 Å². The fourth-order valence-corrected chi connectivity index (χ4v) is 1.65. The molecular formula is C12H23N5O. The summed E-state index contributed by atoms with van der Waals surface area (Å²) in [7, 11) is 0. The van der Waals surface area contributed by atoms with E-state index in [4.69, 9.17) is 5.73 Å². The van der Waals surface area contributed by atoms with Gasteiger partial charge in [0, 0.05) is 13.1 Å². The van der Waals surface area contributed by atoms with Gasteiger partial charge < -0.3 is 16.4 Å². The molecule has 0 aliphatic carbocycles. The van der Waals surface area contributed by atoms with Crippen LogP contribution in [-0.4, -0.2) is 28.8 Å². The highest BCUT2D eigenvalue weighted by Crippen LogP contribution is 2.22. The Balaban J connectivity index is 2.62. The second-order valence-corrected chi connectivity index (χ2v) is 4.27. The number of carbonyl (C=O) groups excluding carboxylic acids is 1. The zero-order chi connectivity index (χ0) is 13.5. The summed E-state index contributed by atoms with van der Waals surface area (Å²) in [5.74, 6) is 0.708. The van der Waals surface area contributed by atoms with Gasteiger partial charge in [-0.05, 0) is 19.8 Å². The zero-order valence-corrected chi connectivity index (χ0v) is 11.4.